The first-order valence-electron chi connectivity index (χ1n) is 5.17. The first-order valence-corrected chi connectivity index (χ1v) is 5.17. The molecule has 0 aliphatic carbocycles. The Kier molecular flexibility index (Phi) is 2.95. The van der Waals surface area contributed by atoms with Crippen molar-refractivity contribution < 1.29 is 14.3 Å². The van der Waals surface area contributed by atoms with E-state index < -0.39 is 12.0 Å². The zero-order valence-corrected chi connectivity index (χ0v) is 9.66. The third-order valence-electron chi connectivity index (χ3n) is 2.79. The van der Waals surface area contributed by atoms with Gasteiger partial charge in [-0.1, -0.05) is 0 Å². The highest BCUT2D eigenvalue weighted by molar-refractivity contribution is 5.98. The molecule has 0 radical (unpaired) electrons. The van der Waals surface area contributed by atoms with Gasteiger partial charge in [0.1, 0.15) is 6.04 Å². The van der Waals surface area contributed by atoms with Crippen LogP contribution in [0.1, 0.15) is 0 Å². The number of carbonyl (C=O) groups excluding carboxylic acids is 2. The summed E-state index contributed by atoms with van der Waals surface area (Å²) >= 11 is 0. The fraction of sp³-hybridized carbons (Fsp3) is 0.364. The second-order valence-electron chi connectivity index (χ2n) is 3.75. The zero-order valence-electron chi connectivity index (χ0n) is 9.66. The lowest BCUT2D eigenvalue weighted by Gasteiger charge is -2.15. The molecule has 17 heavy (non-hydrogen) atoms. The fourth-order valence-corrected chi connectivity index (χ4v) is 1.80. The summed E-state index contributed by atoms with van der Waals surface area (Å²) in [4.78, 5) is 30.3. The normalized spacial score (nSPS) is 19.6. The standard InChI is InChI=1S/C11H13N3O3/c1-13-9(10(15)17-2)7-14(11(13)16)8-4-3-5-12-6-8/h3-6,9H,7H2,1-2H3. The SMILES string of the molecule is COC(=O)C1CN(c2cccnc2)C(=O)N1C. The van der Waals surface area contributed by atoms with Gasteiger partial charge in [-0.15, -0.1) is 0 Å². The molecule has 6 nitrogen and oxygen atoms in total. The molecule has 1 aliphatic heterocycles. The van der Waals surface area contributed by atoms with E-state index in [1.807, 2.05) is 0 Å². The predicted octanol–water partition coefficient (Wildman–Crippen LogP) is 0.495. The van der Waals surface area contributed by atoms with Gasteiger partial charge in [0.15, 0.2) is 0 Å². The van der Waals surface area contributed by atoms with E-state index in [4.69, 9.17) is 0 Å². The number of likely N-dealkylation sites (N-methyl/N-ethyl adjacent to an activating group) is 1. The average molecular weight is 235 g/mol. The van der Waals surface area contributed by atoms with Crippen LogP contribution in [0.15, 0.2) is 24.5 Å². The average Bonchev–Trinajstić information content (AvgIpc) is 2.67. The van der Waals surface area contributed by atoms with Gasteiger partial charge >= 0.3 is 12.0 Å². The lowest BCUT2D eigenvalue weighted by Crippen LogP contribution is -2.37. The van der Waals surface area contributed by atoms with Gasteiger partial charge in [0.25, 0.3) is 0 Å². The van der Waals surface area contributed by atoms with Crippen molar-refractivity contribution in [2.24, 2.45) is 0 Å². The van der Waals surface area contributed by atoms with Crippen LogP contribution in [0, 0.1) is 0 Å². The lowest BCUT2D eigenvalue weighted by molar-refractivity contribution is -0.144. The van der Waals surface area contributed by atoms with E-state index in [9.17, 15) is 9.59 Å². The molecule has 0 aromatic carbocycles. The highest BCUT2D eigenvalue weighted by Crippen LogP contribution is 2.22. The summed E-state index contributed by atoms with van der Waals surface area (Å²) in [6.07, 6.45) is 3.22. The number of methoxy groups -OCH3 is 1. The first kappa shape index (κ1) is 11.4. The zero-order chi connectivity index (χ0) is 12.4. The van der Waals surface area contributed by atoms with Gasteiger partial charge < -0.3 is 9.64 Å². The minimum absolute atomic E-state index is 0.228. The molecule has 2 rings (SSSR count). The smallest absolute Gasteiger partial charge is 0.330 e. The van der Waals surface area contributed by atoms with Crippen molar-refractivity contribution in [3.05, 3.63) is 24.5 Å². The number of ether oxygens (including phenoxy) is 1. The minimum Gasteiger partial charge on any atom is -0.467 e. The summed E-state index contributed by atoms with van der Waals surface area (Å²) in [5.41, 5.74) is 0.677. The van der Waals surface area contributed by atoms with Crippen molar-refractivity contribution in [2.45, 2.75) is 6.04 Å². The Labute approximate surface area is 98.8 Å². The molecule has 6 heteroatoms. The van der Waals surface area contributed by atoms with Crippen LogP contribution in [0.2, 0.25) is 0 Å². The molecule has 1 aromatic heterocycles. The maximum Gasteiger partial charge on any atom is 0.330 e. The molecule has 1 atom stereocenters. The van der Waals surface area contributed by atoms with Crippen LogP contribution in [0.5, 0.6) is 0 Å². The molecule has 1 saturated heterocycles. The second kappa shape index (κ2) is 4.40. The van der Waals surface area contributed by atoms with Gasteiger partial charge in [0, 0.05) is 13.2 Å². The Morgan fingerprint density at radius 1 is 1.59 bits per heavy atom. The summed E-state index contributed by atoms with van der Waals surface area (Å²) in [6, 6.07) is 2.73. The molecule has 1 unspecified atom stereocenters. The predicted molar refractivity (Wildman–Crippen MR) is 60.5 cm³/mol. The molecular weight excluding hydrogens is 222 g/mol. The minimum atomic E-state index is -0.562. The van der Waals surface area contributed by atoms with E-state index in [0.717, 1.165) is 0 Å². The van der Waals surface area contributed by atoms with Gasteiger partial charge in [-0.05, 0) is 12.1 Å². The molecule has 0 saturated carbocycles. The summed E-state index contributed by atoms with van der Waals surface area (Å²) in [5, 5.41) is 0. The Balaban J connectivity index is 2.23. The molecule has 1 fully saturated rings. The summed E-state index contributed by atoms with van der Waals surface area (Å²) in [6.45, 7) is 0.285. The van der Waals surface area contributed by atoms with Crippen LogP contribution in [0.4, 0.5) is 10.5 Å². The van der Waals surface area contributed by atoms with Crippen molar-refractivity contribution in [3.63, 3.8) is 0 Å². The van der Waals surface area contributed by atoms with Gasteiger partial charge in [0.2, 0.25) is 0 Å². The van der Waals surface area contributed by atoms with Crippen molar-refractivity contribution in [1.82, 2.24) is 9.88 Å². The third-order valence-corrected chi connectivity index (χ3v) is 2.79. The molecule has 0 spiro atoms. The summed E-state index contributed by atoms with van der Waals surface area (Å²) in [7, 11) is 2.90. The number of hydrogen-bond donors (Lipinski definition) is 0. The van der Waals surface area contributed by atoms with Gasteiger partial charge in [-0.3, -0.25) is 9.88 Å². The molecule has 0 bridgehead atoms. The van der Waals surface area contributed by atoms with Gasteiger partial charge in [-0.25, -0.2) is 9.59 Å². The molecule has 2 amide bonds. The maximum absolute atomic E-state index is 12.0. The number of hydrogen-bond acceptors (Lipinski definition) is 4. The van der Waals surface area contributed by atoms with Crippen LogP contribution in [-0.2, 0) is 9.53 Å². The molecular formula is C11H13N3O3. The number of pyridine rings is 1. The number of esters is 1. The molecule has 1 aliphatic rings. The molecule has 2 heterocycles. The van der Waals surface area contributed by atoms with E-state index >= 15 is 0 Å². The third kappa shape index (κ3) is 1.93. The monoisotopic (exact) mass is 235 g/mol. The highest BCUT2D eigenvalue weighted by atomic mass is 16.5. The van der Waals surface area contributed by atoms with E-state index in [1.165, 1.54) is 16.9 Å². The Hall–Kier alpha value is -2.11. The van der Waals surface area contributed by atoms with Crippen molar-refractivity contribution in [3.8, 4) is 0 Å². The lowest BCUT2D eigenvalue weighted by atomic mass is 10.3. The van der Waals surface area contributed by atoms with E-state index in [-0.39, 0.29) is 12.6 Å². The van der Waals surface area contributed by atoms with Crippen molar-refractivity contribution in [1.29, 1.82) is 0 Å². The first-order chi connectivity index (χ1) is 8.15. The topological polar surface area (TPSA) is 62.7 Å². The molecule has 0 N–H and O–H groups in total. The summed E-state index contributed by atoms with van der Waals surface area (Å²) in [5.74, 6) is -0.410. The number of aromatic nitrogens is 1. The number of nitrogens with zero attached hydrogens (tertiary/aromatic N) is 3. The number of rotatable bonds is 2. The fourth-order valence-electron chi connectivity index (χ4n) is 1.80. The van der Waals surface area contributed by atoms with E-state index in [1.54, 1.807) is 31.6 Å². The largest absolute Gasteiger partial charge is 0.467 e. The van der Waals surface area contributed by atoms with Crippen LogP contribution in [0.25, 0.3) is 0 Å². The van der Waals surface area contributed by atoms with Crippen molar-refractivity contribution in [2.75, 3.05) is 25.6 Å². The maximum atomic E-state index is 12.0. The van der Waals surface area contributed by atoms with Gasteiger partial charge in [-0.2, -0.15) is 0 Å². The van der Waals surface area contributed by atoms with Crippen LogP contribution in [-0.4, -0.2) is 48.6 Å². The Morgan fingerprint density at radius 2 is 2.35 bits per heavy atom. The van der Waals surface area contributed by atoms with Crippen LogP contribution in [0.3, 0.4) is 0 Å². The Bertz CT molecular complexity index is 435. The quantitative estimate of drug-likeness (QED) is 0.700. The van der Waals surface area contributed by atoms with Gasteiger partial charge in [0.05, 0.1) is 25.5 Å². The number of anilines is 1. The van der Waals surface area contributed by atoms with E-state index in [0.29, 0.717) is 5.69 Å². The number of urea groups is 1. The number of carbonyl (C=O) groups is 2. The molecule has 90 valence electrons. The van der Waals surface area contributed by atoms with E-state index in [2.05, 4.69) is 9.72 Å². The number of amides is 2. The van der Waals surface area contributed by atoms with Crippen LogP contribution >= 0.6 is 0 Å². The second-order valence-corrected chi connectivity index (χ2v) is 3.75. The van der Waals surface area contributed by atoms with Crippen molar-refractivity contribution >= 4 is 17.7 Å². The molecule has 1 aromatic rings. The summed E-state index contributed by atoms with van der Waals surface area (Å²) < 4.78 is 4.66. The Morgan fingerprint density at radius 3 is 2.94 bits per heavy atom. The highest BCUT2D eigenvalue weighted by Gasteiger charge is 2.40. The van der Waals surface area contributed by atoms with Crippen LogP contribution < -0.4 is 4.90 Å².